The van der Waals surface area contributed by atoms with E-state index in [1.807, 2.05) is 0 Å². The van der Waals surface area contributed by atoms with Crippen molar-refractivity contribution in [2.45, 2.75) is 36.5 Å². The predicted octanol–water partition coefficient (Wildman–Crippen LogP) is 2.80. The molecule has 2 saturated heterocycles. The van der Waals surface area contributed by atoms with Crippen molar-refractivity contribution < 1.29 is 23.0 Å². The van der Waals surface area contributed by atoms with Gasteiger partial charge in [-0.25, -0.2) is 0 Å². The average molecular weight is 389 g/mol. The molecular weight excluding hydrogens is 365 g/mol. The molecular formula is C20H24NO5P. The van der Waals surface area contributed by atoms with Gasteiger partial charge in [0.1, 0.15) is 12.2 Å². The van der Waals surface area contributed by atoms with Crippen molar-refractivity contribution >= 4 is 8.60 Å². The van der Waals surface area contributed by atoms with Gasteiger partial charge in [-0.05, 0) is 38.1 Å². The first-order valence-electron chi connectivity index (χ1n) is 9.70. The van der Waals surface area contributed by atoms with Gasteiger partial charge in [-0.3, -0.25) is 0 Å². The number of rotatable bonds is 3. The minimum Gasteiger partial charge on any atom is -0.493 e. The van der Waals surface area contributed by atoms with E-state index in [2.05, 4.69) is 36.2 Å². The number of methoxy groups -OCH3 is 1. The molecule has 27 heavy (non-hydrogen) atoms. The lowest BCUT2D eigenvalue weighted by atomic mass is 9.53. The lowest BCUT2D eigenvalue weighted by Gasteiger charge is -2.56. The SMILES string of the molecule is COc1ccc2c3c1OC1C(OP4OCCO4)C=C[C@H]4[C@@H](C2)N(C)CC[C@]314. The average Bonchev–Trinajstić information content (AvgIpc) is 3.31. The Morgan fingerprint density at radius 2 is 2.07 bits per heavy atom. The van der Waals surface area contributed by atoms with Crippen molar-refractivity contribution in [2.75, 3.05) is 33.9 Å². The second kappa shape index (κ2) is 5.91. The van der Waals surface area contributed by atoms with Crippen molar-refractivity contribution in [3.05, 3.63) is 35.4 Å². The van der Waals surface area contributed by atoms with Crippen LogP contribution < -0.4 is 9.47 Å². The molecule has 0 saturated carbocycles. The number of benzene rings is 1. The van der Waals surface area contributed by atoms with Gasteiger partial charge in [0, 0.05) is 22.9 Å². The fourth-order valence-electron chi connectivity index (χ4n) is 5.88. The fraction of sp³-hybridized carbons (Fsp3) is 0.600. The van der Waals surface area contributed by atoms with Crippen LogP contribution in [0.25, 0.3) is 0 Å². The smallest absolute Gasteiger partial charge is 0.333 e. The van der Waals surface area contributed by atoms with Crippen LogP contribution >= 0.6 is 8.60 Å². The lowest BCUT2D eigenvalue weighted by molar-refractivity contribution is -0.0404. The van der Waals surface area contributed by atoms with E-state index in [0.717, 1.165) is 30.9 Å². The molecule has 3 aliphatic heterocycles. The highest BCUT2D eigenvalue weighted by Crippen LogP contribution is 2.63. The first-order chi connectivity index (χ1) is 13.2. The summed E-state index contributed by atoms with van der Waals surface area (Å²) in [5, 5.41) is 0. The summed E-state index contributed by atoms with van der Waals surface area (Å²) in [6.45, 7) is 2.28. The summed E-state index contributed by atoms with van der Waals surface area (Å²) in [5.74, 6) is 2.18. The molecule has 0 aromatic heterocycles. The van der Waals surface area contributed by atoms with Gasteiger partial charge in [0.2, 0.25) is 0 Å². The van der Waals surface area contributed by atoms with E-state index in [4.69, 9.17) is 23.0 Å². The van der Waals surface area contributed by atoms with E-state index in [1.54, 1.807) is 7.11 Å². The molecule has 144 valence electrons. The number of likely N-dealkylation sites (tertiary alicyclic amines) is 1. The summed E-state index contributed by atoms with van der Waals surface area (Å²) in [6.07, 6.45) is 6.43. The third-order valence-electron chi connectivity index (χ3n) is 7.02. The molecule has 0 N–H and O–H groups in total. The summed E-state index contributed by atoms with van der Waals surface area (Å²) < 4.78 is 29.8. The van der Waals surface area contributed by atoms with Gasteiger partial charge in [-0.2, -0.15) is 0 Å². The topological polar surface area (TPSA) is 49.4 Å². The minimum absolute atomic E-state index is 0.0525. The van der Waals surface area contributed by atoms with E-state index in [1.165, 1.54) is 11.1 Å². The molecule has 7 heteroatoms. The summed E-state index contributed by atoms with van der Waals surface area (Å²) in [5.41, 5.74) is 2.71. The molecule has 1 aromatic carbocycles. The second-order valence-corrected chi connectivity index (χ2v) is 9.26. The summed E-state index contributed by atoms with van der Waals surface area (Å²) >= 11 is 0. The summed E-state index contributed by atoms with van der Waals surface area (Å²) in [7, 11) is 2.68. The Kier molecular flexibility index (Phi) is 3.67. The van der Waals surface area contributed by atoms with Gasteiger partial charge in [-0.15, -0.1) is 0 Å². The van der Waals surface area contributed by atoms with Crippen LogP contribution in [0.2, 0.25) is 0 Å². The third kappa shape index (κ3) is 2.14. The molecule has 6 nitrogen and oxygen atoms in total. The van der Waals surface area contributed by atoms with Crippen LogP contribution in [0, 0.1) is 5.92 Å². The fourth-order valence-corrected chi connectivity index (χ4v) is 6.90. The number of hydrogen-bond acceptors (Lipinski definition) is 6. The maximum Gasteiger partial charge on any atom is 0.333 e. The Morgan fingerprint density at radius 1 is 1.22 bits per heavy atom. The van der Waals surface area contributed by atoms with Crippen molar-refractivity contribution in [2.24, 2.45) is 5.92 Å². The van der Waals surface area contributed by atoms with Crippen LogP contribution in [0.15, 0.2) is 24.3 Å². The van der Waals surface area contributed by atoms with E-state index < -0.39 is 8.60 Å². The summed E-state index contributed by atoms with van der Waals surface area (Å²) in [6, 6.07) is 4.78. The van der Waals surface area contributed by atoms with E-state index in [-0.39, 0.29) is 17.6 Å². The van der Waals surface area contributed by atoms with E-state index >= 15 is 0 Å². The van der Waals surface area contributed by atoms with Gasteiger partial charge in [0.25, 0.3) is 0 Å². The number of nitrogens with zero attached hydrogens (tertiary/aromatic N) is 1. The molecule has 5 atom stereocenters. The maximum atomic E-state index is 6.64. The zero-order valence-electron chi connectivity index (χ0n) is 15.6. The Bertz CT molecular complexity index is 810. The van der Waals surface area contributed by atoms with Crippen molar-refractivity contribution in [1.29, 1.82) is 0 Å². The Morgan fingerprint density at radius 3 is 2.89 bits per heavy atom. The molecule has 2 fully saturated rings. The first-order valence-corrected chi connectivity index (χ1v) is 10.8. The minimum atomic E-state index is -1.28. The highest BCUT2D eigenvalue weighted by Gasteiger charge is 2.65. The monoisotopic (exact) mass is 389 g/mol. The van der Waals surface area contributed by atoms with Crippen LogP contribution in [-0.4, -0.2) is 57.1 Å². The number of piperidine rings is 1. The molecule has 3 heterocycles. The molecule has 0 amide bonds. The van der Waals surface area contributed by atoms with Crippen LogP contribution in [0.1, 0.15) is 17.5 Å². The highest BCUT2D eigenvalue weighted by molar-refractivity contribution is 7.42. The van der Waals surface area contributed by atoms with Crippen LogP contribution in [-0.2, 0) is 25.4 Å². The summed E-state index contributed by atoms with van der Waals surface area (Å²) in [4.78, 5) is 2.51. The quantitative estimate of drug-likeness (QED) is 0.585. The standard InChI is InChI=1S/C20H24NO5P/c1-21-8-7-20-13-4-6-16(26-27-23-9-10-24-27)19(20)25-18-15(22-2)5-3-12(17(18)20)11-14(13)21/h3-6,13-14,16,19H,7-11H2,1-2H3/t13-,14+,16?,19?,20-/m0/s1. The van der Waals surface area contributed by atoms with Gasteiger partial charge in [0.05, 0.1) is 20.3 Å². The van der Waals surface area contributed by atoms with Crippen molar-refractivity contribution in [3.63, 3.8) is 0 Å². The molecule has 1 aromatic rings. The Labute approximate surface area is 160 Å². The Balaban J connectivity index is 1.49. The first kappa shape index (κ1) is 16.8. The van der Waals surface area contributed by atoms with E-state index in [0.29, 0.717) is 25.2 Å². The molecule has 5 aliphatic rings. The third-order valence-corrected chi connectivity index (χ3v) is 8.22. The van der Waals surface area contributed by atoms with Crippen molar-refractivity contribution in [3.8, 4) is 11.5 Å². The normalized spacial score (nSPS) is 39.3. The van der Waals surface area contributed by atoms with Crippen LogP contribution in [0.5, 0.6) is 11.5 Å². The van der Waals surface area contributed by atoms with Gasteiger partial charge >= 0.3 is 8.60 Å². The van der Waals surface area contributed by atoms with Gasteiger partial charge in [0.15, 0.2) is 11.5 Å². The van der Waals surface area contributed by atoms with Crippen LogP contribution in [0.3, 0.4) is 0 Å². The number of ether oxygens (including phenoxy) is 2. The largest absolute Gasteiger partial charge is 0.493 e. The lowest BCUT2D eigenvalue weighted by Crippen LogP contribution is -2.64. The molecule has 2 bridgehead atoms. The molecule has 2 unspecified atom stereocenters. The predicted molar refractivity (Wildman–Crippen MR) is 100 cm³/mol. The zero-order chi connectivity index (χ0) is 18.2. The molecule has 6 rings (SSSR count). The molecule has 1 spiro atoms. The molecule has 0 radical (unpaired) electrons. The Hall–Kier alpha value is -1.17. The van der Waals surface area contributed by atoms with Crippen molar-refractivity contribution in [1.82, 2.24) is 4.90 Å². The zero-order valence-corrected chi connectivity index (χ0v) is 16.5. The molecule has 2 aliphatic carbocycles. The number of hydrogen-bond donors (Lipinski definition) is 0. The highest BCUT2D eigenvalue weighted by atomic mass is 31.2. The van der Waals surface area contributed by atoms with Gasteiger partial charge < -0.3 is 27.9 Å². The number of likely N-dealkylation sites (N-methyl/N-ethyl adjacent to an activating group) is 1. The second-order valence-electron chi connectivity index (χ2n) is 8.08. The maximum absolute atomic E-state index is 6.64. The van der Waals surface area contributed by atoms with Crippen LogP contribution in [0.4, 0.5) is 0 Å². The van der Waals surface area contributed by atoms with Gasteiger partial charge in [-0.1, -0.05) is 18.2 Å². The van der Waals surface area contributed by atoms with E-state index in [9.17, 15) is 0 Å².